The Kier molecular flexibility index (Phi) is 6.99. The maximum Gasteiger partial charge on any atom is 0.223 e. The molecule has 6 nitrogen and oxygen atoms in total. The van der Waals surface area contributed by atoms with Crippen molar-refractivity contribution in [1.82, 2.24) is 5.32 Å². The van der Waals surface area contributed by atoms with E-state index >= 15 is 0 Å². The molecule has 0 saturated heterocycles. The molecule has 153 valence electrons. The highest BCUT2D eigenvalue weighted by atomic mass is 16.3. The van der Waals surface area contributed by atoms with Crippen LogP contribution in [0.3, 0.4) is 0 Å². The normalized spacial score (nSPS) is 11.8. The topological polar surface area (TPSA) is 109 Å². The first-order chi connectivity index (χ1) is 14.5. The second-order valence-corrected chi connectivity index (χ2v) is 7.15. The molecule has 0 fully saturated rings. The summed E-state index contributed by atoms with van der Waals surface area (Å²) in [6, 6.07) is 16.4. The van der Waals surface area contributed by atoms with Crippen LogP contribution in [0.15, 0.2) is 57.7 Å². The molecule has 0 aliphatic carbocycles. The van der Waals surface area contributed by atoms with Gasteiger partial charge in [-0.25, -0.2) is 0 Å². The molecule has 3 aromatic rings. The monoisotopic (exact) mass is 402 g/mol. The first kappa shape index (κ1) is 21.3. The van der Waals surface area contributed by atoms with Gasteiger partial charge in [0.05, 0.1) is 17.0 Å². The summed E-state index contributed by atoms with van der Waals surface area (Å²) in [5.74, 6) is -0.312. The van der Waals surface area contributed by atoms with Gasteiger partial charge in [-0.2, -0.15) is 5.26 Å². The molecule has 0 aliphatic rings. The Balaban J connectivity index is 2.00. The van der Waals surface area contributed by atoms with E-state index in [9.17, 15) is 9.59 Å². The molecule has 1 radical (unpaired) electrons. The lowest BCUT2D eigenvalue weighted by molar-refractivity contribution is -0.123. The molecule has 0 spiro atoms. The maximum atomic E-state index is 13.2. The summed E-state index contributed by atoms with van der Waals surface area (Å²) >= 11 is 0. The van der Waals surface area contributed by atoms with Crippen molar-refractivity contribution in [3.8, 4) is 6.07 Å². The molecular weight excluding hydrogens is 378 g/mol. The van der Waals surface area contributed by atoms with E-state index in [1.165, 1.54) is 0 Å². The zero-order valence-corrected chi connectivity index (χ0v) is 16.9. The van der Waals surface area contributed by atoms with Crippen LogP contribution in [0.4, 0.5) is 0 Å². The van der Waals surface area contributed by atoms with Crippen molar-refractivity contribution in [3.05, 3.63) is 87.6 Å². The van der Waals surface area contributed by atoms with Gasteiger partial charge in [-0.1, -0.05) is 37.3 Å². The predicted molar refractivity (Wildman–Crippen MR) is 116 cm³/mol. The van der Waals surface area contributed by atoms with Gasteiger partial charge in [-0.05, 0) is 36.7 Å². The van der Waals surface area contributed by atoms with E-state index in [1.54, 1.807) is 31.5 Å². The van der Waals surface area contributed by atoms with Gasteiger partial charge < -0.3 is 15.5 Å². The third kappa shape index (κ3) is 4.94. The van der Waals surface area contributed by atoms with E-state index in [-0.39, 0.29) is 11.3 Å². The van der Waals surface area contributed by atoms with E-state index in [4.69, 9.17) is 15.4 Å². The number of amides is 1. The molecule has 0 aliphatic heterocycles. The van der Waals surface area contributed by atoms with Gasteiger partial charge in [0.2, 0.25) is 5.91 Å². The fourth-order valence-electron chi connectivity index (χ4n) is 3.20. The smallest absolute Gasteiger partial charge is 0.223 e. The zero-order valence-electron chi connectivity index (χ0n) is 16.9. The van der Waals surface area contributed by atoms with Gasteiger partial charge in [0, 0.05) is 30.9 Å². The lowest BCUT2D eigenvalue weighted by Gasteiger charge is -2.14. The van der Waals surface area contributed by atoms with E-state index in [0.717, 1.165) is 5.56 Å². The summed E-state index contributed by atoms with van der Waals surface area (Å²) in [5, 5.41) is 12.4. The van der Waals surface area contributed by atoms with Crippen LogP contribution in [0.2, 0.25) is 0 Å². The van der Waals surface area contributed by atoms with Crippen molar-refractivity contribution in [2.24, 2.45) is 11.7 Å². The minimum absolute atomic E-state index is 0.161. The second kappa shape index (κ2) is 9.86. The van der Waals surface area contributed by atoms with Crippen molar-refractivity contribution < 1.29 is 9.21 Å². The molecule has 3 N–H and O–H groups in total. The maximum absolute atomic E-state index is 13.2. The van der Waals surface area contributed by atoms with Gasteiger partial charge in [0.1, 0.15) is 11.3 Å². The van der Waals surface area contributed by atoms with Gasteiger partial charge >= 0.3 is 0 Å². The summed E-state index contributed by atoms with van der Waals surface area (Å²) in [5.41, 5.74) is 7.49. The number of nitrogens with one attached hydrogen (secondary N) is 1. The number of fused-ring (bicyclic) bond motifs is 1. The SMILES string of the molecule is CC([CH]c1oc2cc(C#N)ccc2c(=O)c1Cc1ccccc1)C(=O)NCCCN. The van der Waals surface area contributed by atoms with E-state index in [1.807, 2.05) is 30.3 Å². The summed E-state index contributed by atoms with van der Waals surface area (Å²) in [6.45, 7) is 2.75. The zero-order chi connectivity index (χ0) is 21.5. The van der Waals surface area contributed by atoms with E-state index in [2.05, 4.69) is 11.4 Å². The first-order valence-corrected chi connectivity index (χ1v) is 9.90. The molecule has 1 heterocycles. The number of carbonyl (C=O) groups is 1. The number of nitrogens with two attached hydrogens (primary N) is 1. The summed E-state index contributed by atoms with van der Waals surface area (Å²) in [6.07, 6.45) is 2.74. The molecule has 0 bridgehead atoms. The fraction of sp³-hybridized carbons (Fsp3) is 0.250. The van der Waals surface area contributed by atoms with Crippen LogP contribution in [-0.2, 0) is 11.2 Å². The Morgan fingerprint density at radius 1 is 1.27 bits per heavy atom. The van der Waals surface area contributed by atoms with Crippen LogP contribution >= 0.6 is 0 Å². The third-order valence-electron chi connectivity index (χ3n) is 4.87. The van der Waals surface area contributed by atoms with Crippen molar-refractivity contribution in [1.29, 1.82) is 5.26 Å². The first-order valence-electron chi connectivity index (χ1n) is 9.90. The minimum Gasteiger partial charge on any atom is -0.460 e. The van der Waals surface area contributed by atoms with Gasteiger partial charge in [-0.15, -0.1) is 0 Å². The van der Waals surface area contributed by atoms with Crippen molar-refractivity contribution in [2.75, 3.05) is 13.1 Å². The molecule has 3 rings (SSSR count). The van der Waals surface area contributed by atoms with Crippen molar-refractivity contribution in [3.63, 3.8) is 0 Å². The molecular formula is C24H24N3O3. The highest BCUT2D eigenvalue weighted by Crippen LogP contribution is 2.23. The standard InChI is InChI=1S/C24H24N3O3/c1-16(24(29)27-11-5-10-25)12-21-20(13-17-6-3-2-4-7-17)23(28)19-9-8-18(15-26)14-22(19)30-21/h2-4,6-9,12,14,16H,5,10-11,13,25H2,1H3,(H,27,29). The highest BCUT2D eigenvalue weighted by Gasteiger charge is 2.21. The number of nitriles is 1. The molecule has 30 heavy (non-hydrogen) atoms. The quantitative estimate of drug-likeness (QED) is 0.563. The molecule has 1 aromatic heterocycles. The van der Waals surface area contributed by atoms with Crippen LogP contribution in [-0.4, -0.2) is 19.0 Å². The molecule has 1 atom stereocenters. The van der Waals surface area contributed by atoms with E-state index < -0.39 is 5.92 Å². The number of nitrogens with zero attached hydrogens (tertiary/aromatic N) is 1. The number of carbonyl (C=O) groups excluding carboxylic acids is 1. The van der Waals surface area contributed by atoms with Gasteiger partial charge in [0.15, 0.2) is 5.43 Å². The lowest BCUT2D eigenvalue weighted by Crippen LogP contribution is -2.31. The van der Waals surface area contributed by atoms with Crippen LogP contribution in [0.1, 0.15) is 35.8 Å². The minimum atomic E-state index is -0.503. The number of rotatable bonds is 8. The average molecular weight is 402 g/mol. The molecule has 1 amide bonds. The largest absolute Gasteiger partial charge is 0.460 e. The second-order valence-electron chi connectivity index (χ2n) is 7.15. The fourth-order valence-corrected chi connectivity index (χ4v) is 3.20. The highest BCUT2D eigenvalue weighted by molar-refractivity contribution is 5.81. The van der Waals surface area contributed by atoms with Crippen LogP contribution in [0.25, 0.3) is 11.0 Å². The molecule has 2 aromatic carbocycles. The summed E-state index contributed by atoms with van der Waals surface area (Å²) in [4.78, 5) is 25.6. The molecule has 6 heteroatoms. The molecule has 1 unspecified atom stereocenters. The van der Waals surface area contributed by atoms with Crippen LogP contribution in [0, 0.1) is 23.7 Å². The Hall–Kier alpha value is -3.43. The predicted octanol–water partition coefficient (Wildman–Crippen LogP) is 2.91. The van der Waals surface area contributed by atoms with Crippen LogP contribution in [0.5, 0.6) is 0 Å². The Labute approximate surface area is 175 Å². The van der Waals surface area contributed by atoms with Gasteiger partial charge in [-0.3, -0.25) is 9.59 Å². The molecule has 0 saturated carbocycles. The Bertz CT molecular complexity index is 1130. The van der Waals surface area contributed by atoms with Crippen molar-refractivity contribution >= 4 is 16.9 Å². The summed E-state index contributed by atoms with van der Waals surface area (Å²) in [7, 11) is 0. The van der Waals surface area contributed by atoms with Crippen LogP contribution < -0.4 is 16.5 Å². The van der Waals surface area contributed by atoms with Crippen molar-refractivity contribution in [2.45, 2.75) is 19.8 Å². The summed E-state index contributed by atoms with van der Waals surface area (Å²) < 4.78 is 6.03. The number of hydrogen-bond acceptors (Lipinski definition) is 5. The average Bonchev–Trinajstić information content (AvgIpc) is 2.76. The van der Waals surface area contributed by atoms with E-state index in [0.29, 0.717) is 53.8 Å². The number of hydrogen-bond donors (Lipinski definition) is 2. The Morgan fingerprint density at radius 3 is 2.73 bits per heavy atom. The number of benzene rings is 2. The lowest BCUT2D eigenvalue weighted by atomic mass is 9.96. The Morgan fingerprint density at radius 2 is 2.03 bits per heavy atom. The third-order valence-corrected chi connectivity index (χ3v) is 4.87. The van der Waals surface area contributed by atoms with Gasteiger partial charge in [0.25, 0.3) is 0 Å².